The number of aromatic nitrogens is 2. The number of halogens is 4. The van der Waals surface area contributed by atoms with Crippen molar-refractivity contribution in [3.05, 3.63) is 52.3 Å². The van der Waals surface area contributed by atoms with Gasteiger partial charge in [-0.2, -0.15) is 17.6 Å². The van der Waals surface area contributed by atoms with Crippen LogP contribution in [0.1, 0.15) is 5.82 Å². The molecule has 2 rings (SSSR count). The molecular formula is C12H10F4N4O2. The molecule has 1 aromatic carbocycles. The van der Waals surface area contributed by atoms with E-state index in [1.54, 1.807) is 0 Å². The van der Waals surface area contributed by atoms with E-state index in [1.165, 1.54) is 18.5 Å². The Kier molecular flexibility index (Phi) is 4.29. The summed E-state index contributed by atoms with van der Waals surface area (Å²) in [6.07, 6.45) is -1.99. The molecule has 0 bridgehead atoms. The van der Waals surface area contributed by atoms with E-state index in [0.29, 0.717) is 0 Å². The van der Waals surface area contributed by atoms with Gasteiger partial charge >= 0.3 is 11.9 Å². The van der Waals surface area contributed by atoms with Crippen molar-refractivity contribution in [2.24, 2.45) is 0 Å². The lowest BCUT2D eigenvalue weighted by Gasteiger charge is -2.11. The first-order chi connectivity index (χ1) is 10.3. The van der Waals surface area contributed by atoms with Crippen LogP contribution in [0, 0.1) is 15.9 Å². The van der Waals surface area contributed by atoms with Crippen LogP contribution < -0.4 is 5.32 Å². The lowest BCUT2D eigenvalue weighted by Crippen LogP contribution is -2.20. The largest absolute Gasteiger partial charge is 0.406 e. The quantitative estimate of drug-likeness (QED) is 0.522. The minimum Gasteiger partial charge on any atom is -0.378 e. The smallest absolute Gasteiger partial charge is 0.378 e. The number of nitro benzene ring substituents is 1. The molecule has 0 aliphatic rings. The Bertz CT molecular complexity index is 684. The van der Waals surface area contributed by atoms with Gasteiger partial charge in [0, 0.05) is 24.1 Å². The number of nitro groups is 1. The molecule has 2 aromatic rings. The minimum atomic E-state index is -4.38. The summed E-state index contributed by atoms with van der Waals surface area (Å²) in [4.78, 5) is 13.5. The van der Waals surface area contributed by atoms with Crippen LogP contribution in [-0.2, 0) is 13.1 Å². The fourth-order valence-electron chi connectivity index (χ4n) is 1.79. The van der Waals surface area contributed by atoms with Gasteiger partial charge in [0.05, 0.1) is 11.5 Å². The first kappa shape index (κ1) is 15.7. The van der Waals surface area contributed by atoms with Crippen molar-refractivity contribution < 1.29 is 22.5 Å². The highest BCUT2D eigenvalue weighted by atomic mass is 19.4. The van der Waals surface area contributed by atoms with Crippen LogP contribution in [0.2, 0.25) is 0 Å². The molecule has 0 radical (unpaired) electrons. The minimum absolute atomic E-state index is 0.0914. The van der Waals surface area contributed by atoms with Gasteiger partial charge in [-0.3, -0.25) is 10.1 Å². The van der Waals surface area contributed by atoms with Gasteiger partial charge in [-0.1, -0.05) is 0 Å². The highest BCUT2D eigenvalue weighted by Crippen LogP contribution is 2.22. The summed E-state index contributed by atoms with van der Waals surface area (Å²) in [6, 6.07) is 3.12. The van der Waals surface area contributed by atoms with E-state index >= 15 is 0 Å². The Morgan fingerprint density at radius 1 is 1.36 bits per heavy atom. The van der Waals surface area contributed by atoms with Gasteiger partial charge in [0.25, 0.3) is 0 Å². The molecule has 0 atom stereocenters. The molecule has 118 valence electrons. The lowest BCUT2D eigenvalue weighted by atomic mass is 10.2. The van der Waals surface area contributed by atoms with Gasteiger partial charge in [0.1, 0.15) is 12.4 Å². The van der Waals surface area contributed by atoms with Gasteiger partial charge in [-0.15, -0.1) is 0 Å². The molecule has 0 saturated heterocycles. The topological polar surface area (TPSA) is 73.0 Å². The van der Waals surface area contributed by atoms with E-state index in [1.807, 2.05) is 0 Å². The Morgan fingerprint density at radius 2 is 2.09 bits per heavy atom. The fraction of sp³-hybridized carbons (Fsp3) is 0.250. The molecule has 22 heavy (non-hydrogen) atoms. The number of anilines is 1. The van der Waals surface area contributed by atoms with E-state index in [2.05, 4.69) is 10.3 Å². The van der Waals surface area contributed by atoms with Crippen LogP contribution in [-0.4, -0.2) is 20.7 Å². The molecule has 1 aromatic heterocycles. The molecule has 6 nitrogen and oxygen atoms in total. The maximum Gasteiger partial charge on any atom is 0.406 e. The predicted octanol–water partition coefficient (Wildman–Crippen LogP) is 3.10. The summed E-state index contributed by atoms with van der Waals surface area (Å²) in [5, 5.41) is 13.3. The second-order valence-corrected chi connectivity index (χ2v) is 4.36. The molecule has 1 N–H and O–H groups in total. The van der Waals surface area contributed by atoms with Crippen LogP contribution >= 0.6 is 0 Å². The van der Waals surface area contributed by atoms with Crippen LogP contribution in [0.4, 0.5) is 28.9 Å². The third-order valence-electron chi connectivity index (χ3n) is 2.74. The normalized spacial score (nSPS) is 11.5. The highest BCUT2D eigenvalue weighted by molar-refractivity contribution is 5.51. The van der Waals surface area contributed by atoms with E-state index in [4.69, 9.17) is 0 Å². The SMILES string of the molecule is O=[N+]([O-])c1cc(NCc2nccn2CC(F)(F)F)ccc1F. The average Bonchev–Trinajstić information content (AvgIpc) is 2.82. The van der Waals surface area contributed by atoms with E-state index in [-0.39, 0.29) is 18.1 Å². The Morgan fingerprint density at radius 3 is 2.73 bits per heavy atom. The van der Waals surface area contributed by atoms with Crippen molar-refractivity contribution in [1.29, 1.82) is 0 Å². The van der Waals surface area contributed by atoms with Gasteiger partial charge in [0.15, 0.2) is 0 Å². The van der Waals surface area contributed by atoms with Crippen molar-refractivity contribution in [2.45, 2.75) is 19.3 Å². The number of nitrogens with one attached hydrogen (secondary N) is 1. The maximum atomic E-state index is 13.2. The highest BCUT2D eigenvalue weighted by Gasteiger charge is 2.28. The standard InChI is InChI=1S/C12H10F4N4O2/c13-9-2-1-8(5-10(9)20(21)22)18-6-11-17-3-4-19(11)7-12(14,15)16/h1-5,18H,6-7H2. The first-order valence-electron chi connectivity index (χ1n) is 6.01. The summed E-state index contributed by atoms with van der Waals surface area (Å²) < 4.78 is 51.2. The van der Waals surface area contributed by atoms with Crippen LogP contribution in [0.15, 0.2) is 30.6 Å². The number of rotatable bonds is 5. The van der Waals surface area contributed by atoms with Crippen LogP contribution in [0.3, 0.4) is 0 Å². The van der Waals surface area contributed by atoms with Gasteiger partial charge in [-0.05, 0) is 12.1 Å². The van der Waals surface area contributed by atoms with E-state index < -0.39 is 29.1 Å². The monoisotopic (exact) mass is 318 g/mol. The molecule has 0 amide bonds. The molecule has 1 heterocycles. The summed E-state index contributed by atoms with van der Waals surface area (Å²) in [7, 11) is 0. The number of imidazole rings is 1. The van der Waals surface area contributed by atoms with Crippen molar-refractivity contribution >= 4 is 11.4 Å². The summed E-state index contributed by atoms with van der Waals surface area (Å²) in [5.41, 5.74) is -0.515. The van der Waals surface area contributed by atoms with Gasteiger partial charge in [-0.25, -0.2) is 4.98 Å². The first-order valence-corrected chi connectivity index (χ1v) is 6.01. The summed E-state index contributed by atoms with van der Waals surface area (Å²) >= 11 is 0. The molecule has 0 aliphatic heterocycles. The molecule has 0 spiro atoms. The van der Waals surface area contributed by atoms with Crippen LogP contribution in [0.25, 0.3) is 0 Å². The number of hydrogen-bond acceptors (Lipinski definition) is 4. The molecular weight excluding hydrogens is 308 g/mol. The zero-order valence-electron chi connectivity index (χ0n) is 11.0. The average molecular weight is 318 g/mol. The second kappa shape index (κ2) is 6.00. The van der Waals surface area contributed by atoms with E-state index in [9.17, 15) is 27.7 Å². The third kappa shape index (κ3) is 3.93. The Labute approximate surface area is 121 Å². The third-order valence-corrected chi connectivity index (χ3v) is 2.74. The van der Waals surface area contributed by atoms with E-state index in [0.717, 1.165) is 16.7 Å². The lowest BCUT2D eigenvalue weighted by molar-refractivity contribution is -0.387. The molecule has 0 fully saturated rings. The molecule has 10 heteroatoms. The maximum absolute atomic E-state index is 13.2. The van der Waals surface area contributed by atoms with Gasteiger partial charge in [0.2, 0.25) is 5.82 Å². The van der Waals surface area contributed by atoms with Crippen molar-refractivity contribution in [3.63, 3.8) is 0 Å². The molecule has 0 saturated carbocycles. The Balaban J connectivity index is 2.10. The summed E-state index contributed by atoms with van der Waals surface area (Å²) in [5.74, 6) is -0.890. The molecule has 0 unspecified atom stereocenters. The van der Waals surface area contributed by atoms with Gasteiger partial charge < -0.3 is 9.88 Å². The number of benzene rings is 1. The number of nitrogens with zero attached hydrogens (tertiary/aromatic N) is 3. The van der Waals surface area contributed by atoms with Crippen molar-refractivity contribution in [3.8, 4) is 0 Å². The summed E-state index contributed by atoms with van der Waals surface area (Å²) in [6.45, 7) is -1.28. The molecule has 0 aliphatic carbocycles. The zero-order valence-corrected chi connectivity index (χ0v) is 11.0. The second-order valence-electron chi connectivity index (χ2n) is 4.36. The number of hydrogen-bond donors (Lipinski definition) is 1. The Hall–Kier alpha value is -2.65. The number of alkyl halides is 3. The zero-order chi connectivity index (χ0) is 16.3. The predicted molar refractivity (Wildman–Crippen MR) is 68.7 cm³/mol. The fourth-order valence-corrected chi connectivity index (χ4v) is 1.79. The van der Waals surface area contributed by atoms with Crippen molar-refractivity contribution in [1.82, 2.24) is 9.55 Å². The van der Waals surface area contributed by atoms with Crippen LogP contribution in [0.5, 0.6) is 0 Å². The van der Waals surface area contributed by atoms with Crippen molar-refractivity contribution in [2.75, 3.05) is 5.32 Å².